The Labute approximate surface area is 218 Å². The first kappa shape index (κ1) is 27.1. The molecule has 4 atom stereocenters. The summed E-state index contributed by atoms with van der Waals surface area (Å²) in [5.74, 6) is -2.29. The zero-order chi connectivity index (χ0) is 26.8. The van der Waals surface area contributed by atoms with Gasteiger partial charge in [-0.05, 0) is 70.8 Å². The van der Waals surface area contributed by atoms with Gasteiger partial charge in [-0.2, -0.15) is 0 Å². The number of rotatable bonds is 7. The van der Waals surface area contributed by atoms with Gasteiger partial charge in [0, 0.05) is 24.0 Å². The number of carboxylic acids is 1. The molecule has 2 saturated carbocycles. The summed E-state index contributed by atoms with van der Waals surface area (Å²) in [4.78, 5) is 50.3. The van der Waals surface area contributed by atoms with Gasteiger partial charge >= 0.3 is 23.9 Å². The highest BCUT2D eigenvalue weighted by molar-refractivity contribution is 5.90. The van der Waals surface area contributed by atoms with Crippen molar-refractivity contribution in [3.05, 3.63) is 35.5 Å². The summed E-state index contributed by atoms with van der Waals surface area (Å²) >= 11 is 0. The summed E-state index contributed by atoms with van der Waals surface area (Å²) < 4.78 is 17.8. The number of ether oxygens (including phenoxy) is 3. The Balaban J connectivity index is 1.60. The Kier molecular flexibility index (Phi) is 7.67. The van der Waals surface area contributed by atoms with E-state index in [9.17, 15) is 19.2 Å². The van der Waals surface area contributed by atoms with Gasteiger partial charge in [0.15, 0.2) is 0 Å². The van der Waals surface area contributed by atoms with Crippen molar-refractivity contribution in [1.82, 2.24) is 0 Å². The van der Waals surface area contributed by atoms with Crippen molar-refractivity contribution in [3.63, 3.8) is 0 Å². The van der Waals surface area contributed by atoms with Crippen molar-refractivity contribution in [1.29, 1.82) is 0 Å². The van der Waals surface area contributed by atoms with Crippen molar-refractivity contribution < 1.29 is 38.5 Å². The van der Waals surface area contributed by atoms with Crippen LogP contribution in [0, 0.1) is 17.3 Å². The van der Waals surface area contributed by atoms with Crippen molar-refractivity contribution in [2.75, 3.05) is 6.61 Å². The second-order valence-electron chi connectivity index (χ2n) is 11.3. The van der Waals surface area contributed by atoms with Gasteiger partial charge in [0.25, 0.3) is 0 Å². The minimum absolute atomic E-state index is 0.146. The van der Waals surface area contributed by atoms with E-state index in [0.717, 1.165) is 12.8 Å². The minimum atomic E-state index is -1.14. The Bertz CT molecular complexity index is 1050. The zero-order valence-electron chi connectivity index (χ0n) is 22.0. The lowest BCUT2D eigenvalue weighted by molar-refractivity contribution is -0.235. The van der Waals surface area contributed by atoms with E-state index in [4.69, 9.17) is 19.3 Å². The molecule has 0 radical (unpaired) electrons. The van der Waals surface area contributed by atoms with E-state index in [0.29, 0.717) is 43.8 Å². The average Bonchev–Trinajstić information content (AvgIpc) is 2.99. The minimum Gasteiger partial charge on any atom is -0.478 e. The molecule has 1 saturated heterocycles. The number of carboxylic acid groups (broad SMARTS) is 1. The first-order valence-electron chi connectivity index (χ1n) is 13.4. The predicted octanol–water partition coefficient (Wildman–Crippen LogP) is 4.82. The lowest BCUT2D eigenvalue weighted by Crippen LogP contribution is -2.65. The van der Waals surface area contributed by atoms with E-state index in [2.05, 4.69) is 0 Å². The number of esters is 3. The lowest BCUT2D eigenvalue weighted by atomic mass is 9.62. The van der Waals surface area contributed by atoms with Crippen LogP contribution in [0.5, 0.6) is 0 Å². The topological polar surface area (TPSA) is 116 Å². The van der Waals surface area contributed by atoms with Gasteiger partial charge in [-0.15, -0.1) is 0 Å². The summed E-state index contributed by atoms with van der Waals surface area (Å²) in [5, 5.41) is 9.15. The van der Waals surface area contributed by atoms with Crippen molar-refractivity contribution in [3.8, 4) is 0 Å². The molecule has 37 heavy (non-hydrogen) atoms. The molecule has 4 rings (SSSR count). The highest BCUT2D eigenvalue weighted by atomic mass is 16.6. The van der Waals surface area contributed by atoms with Gasteiger partial charge in [-0.1, -0.05) is 37.5 Å². The second-order valence-corrected chi connectivity index (χ2v) is 11.3. The molecular formula is C29H38O8. The van der Waals surface area contributed by atoms with Crippen LogP contribution < -0.4 is 0 Å². The molecule has 0 aromatic rings. The molecule has 8 nitrogen and oxygen atoms in total. The molecule has 0 amide bonds. The van der Waals surface area contributed by atoms with Gasteiger partial charge in [0.2, 0.25) is 0 Å². The molecular weight excluding hydrogens is 476 g/mol. The first-order valence-corrected chi connectivity index (χ1v) is 13.4. The van der Waals surface area contributed by atoms with Crippen LogP contribution in [0.25, 0.3) is 0 Å². The summed E-state index contributed by atoms with van der Waals surface area (Å²) in [6, 6.07) is 0. The van der Waals surface area contributed by atoms with Crippen LogP contribution in [0.4, 0.5) is 0 Å². The SMILES string of the molecule is CC(=O)O[C@@]12CCC(C(=O)OCC3CCCCC3)=CC[C@@]13CC[C@@H]2C(C)(/C=C/C=C(\C)C(=O)O)OC3=O. The molecule has 0 aromatic heterocycles. The van der Waals surface area contributed by atoms with Crippen molar-refractivity contribution in [2.24, 2.45) is 17.3 Å². The van der Waals surface area contributed by atoms with E-state index < -0.39 is 34.5 Å². The van der Waals surface area contributed by atoms with Crippen molar-refractivity contribution in [2.45, 2.75) is 96.2 Å². The van der Waals surface area contributed by atoms with Gasteiger partial charge in [0.1, 0.15) is 16.6 Å². The molecule has 3 aliphatic carbocycles. The van der Waals surface area contributed by atoms with Crippen LogP contribution in [-0.2, 0) is 33.4 Å². The van der Waals surface area contributed by atoms with Crippen LogP contribution in [-0.4, -0.2) is 46.8 Å². The molecule has 2 bridgehead atoms. The van der Waals surface area contributed by atoms with Gasteiger partial charge in [0.05, 0.1) is 6.61 Å². The lowest BCUT2D eigenvalue weighted by Gasteiger charge is -2.54. The van der Waals surface area contributed by atoms with E-state index in [1.165, 1.54) is 39.2 Å². The molecule has 4 aliphatic rings. The molecule has 1 heterocycles. The maximum Gasteiger partial charge on any atom is 0.333 e. The summed E-state index contributed by atoms with van der Waals surface area (Å²) in [7, 11) is 0. The smallest absolute Gasteiger partial charge is 0.333 e. The predicted molar refractivity (Wildman–Crippen MR) is 134 cm³/mol. The fourth-order valence-electron chi connectivity index (χ4n) is 6.96. The maximum atomic E-state index is 13.7. The van der Waals surface area contributed by atoms with Gasteiger partial charge in [-0.25, -0.2) is 9.59 Å². The van der Waals surface area contributed by atoms with Gasteiger partial charge in [-0.3, -0.25) is 9.59 Å². The normalized spacial score (nSPS) is 34.2. The fourth-order valence-corrected chi connectivity index (χ4v) is 6.96. The van der Waals surface area contributed by atoms with Crippen LogP contribution in [0.3, 0.4) is 0 Å². The van der Waals surface area contributed by atoms with E-state index in [-0.39, 0.29) is 23.9 Å². The van der Waals surface area contributed by atoms with Crippen LogP contribution in [0.2, 0.25) is 0 Å². The molecule has 0 spiro atoms. The monoisotopic (exact) mass is 514 g/mol. The van der Waals surface area contributed by atoms with Gasteiger partial charge < -0.3 is 19.3 Å². The zero-order valence-corrected chi connectivity index (χ0v) is 22.0. The number of hydrogen-bond acceptors (Lipinski definition) is 7. The molecule has 202 valence electrons. The first-order chi connectivity index (χ1) is 17.5. The Morgan fingerprint density at radius 3 is 2.54 bits per heavy atom. The number of aliphatic carboxylic acids is 1. The van der Waals surface area contributed by atoms with E-state index >= 15 is 0 Å². The number of allylic oxidation sites excluding steroid dienone is 3. The average molecular weight is 515 g/mol. The fraction of sp³-hybridized carbons (Fsp3) is 0.655. The molecule has 8 heteroatoms. The highest BCUT2D eigenvalue weighted by Gasteiger charge is 2.74. The Morgan fingerprint density at radius 2 is 1.86 bits per heavy atom. The maximum absolute atomic E-state index is 13.7. The largest absolute Gasteiger partial charge is 0.478 e. The molecule has 1 unspecified atom stereocenters. The third-order valence-corrected chi connectivity index (χ3v) is 8.96. The number of carbonyl (C=O) groups excluding carboxylic acids is 3. The third-order valence-electron chi connectivity index (χ3n) is 8.96. The van der Waals surface area contributed by atoms with Crippen LogP contribution >= 0.6 is 0 Å². The van der Waals surface area contributed by atoms with Crippen LogP contribution in [0.1, 0.15) is 85.0 Å². The highest BCUT2D eigenvalue weighted by Crippen LogP contribution is 2.65. The Morgan fingerprint density at radius 1 is 1.14 bits per heavy atom. The molecule has 0 aromatic carbocycles. The van der Waals surface area contributed by atoms with Crippen LogP contribution in [0.15, 0.2) is 35.5 Å². The van der Waals surface area contributed by atoms with E-state index in [1.54, 1.807) is 25.2 Å². The second kappa shape index (κ2) is 10.5. The summed E-state index contributed by atoms with van der Waals surface area (Å²) in [5.41, 5.74) is -2.65. The number of cyclic esters (lactones) is 1. The van der Waals surface area contributed by atoms with E-state index in [1.807, 2.05) is 0 Å². The molecule has 1 N–H and O–H groups in total. The summed E-state index contributed by atoms with van der Waals surface area (Å²) in [6.07, 6.45) is 14.2. The summed E-state index contributed by atoms with van der Waals surface area (Å²) in [6.45, 7) is 5.00. The third kappa shape index (κ3) is 4.99. The Hall–Kier alpha value is -2.90. The molecule has 1 aliphatic heterocycles. The standard InChI is InChI=1S/C29H38O8/c1-19(24(31)32)8-7-14-27(3)23-13-16-28(26(34)37-27)15-11-22(12-17-29(23,28)36-20(2)30)25(33)35-18-21-9-5-4-6-10-21/h7-8,11,14,21,23H,4-6,9-10,12-13,15-18H2,1-3H3,(H,31,32)/b14-7+,19-8+/t23-,27?,28+,29-/m1/s1. The number of hydrogen-bond donors (Lipinski definition) is 1. The van der Waals surface area contributed by atoms with Crippen molar-refractivity contribution >= 4 is 23.9 Å². The quantitative estimate of drug-likeness (QED) is 0.222. The molecule has 3 fully saturated rings. The number of carbonyl (C=O) groups is 4.